The lowest BCUT2D eigenvalue weighted by Crippen LogP contribution is -2.45. The van der Waals surface area contributed by atoms with E-state index in [1.165, 1.54) is 18.4 Å². The fourth-order valence-corrected chi connectivity index (χ4v) is 3.04. The number of rotatable bonds is 6. The van der Waals surface area contributed by atoms with Gasteiger partial charge < -0.3 is 10.6 Å². The second kappa shape index (κ2) is 8.30. The second-order valence-electron chi connectivity index (χ2n) is 6.58. The van der Waals surface area contributed by atoms with E-state index in [0.717, 1.165) is 37.8 Å². The van der Waals surface area contributed by atoms with Crippen LogP contribution in [0.1, 0.15) is 45.2 Å². The minimum atomic E-state index is -0.0220. The Hall–Kier alpha value is -1.39. The Bertz CT molecular complexity index is 464. The third-order valence-corrected chi connectivity index (χ3v) is 4.23. The van der Waals surface area contributed by atoms with E-state index < -0.39 is 0 Å². The van der Waals surface area contributed by atoms with Gasteiger partial charge in [-0.3, -0.25) is 9.69 Å². The molecule has 22 heavy (non-hydrogen) atoms. The van der Waals surface area contributed by atoms with Gasteiger partial charge in [0.2, 0.25) is 5.91 Å². The van der Waals surface area contributed by atoms with Gasteiger partial charge >= 0.3 is 0 Å². The molecule has 1 fully saturated rings. The van der Waals surface area contributed by atoms with Crippen molar-refractivity contribution >= 4 is 11.6 Å². The number of hydrogen-bond acceptors (Lipinski definition) is 3. The van der Waals surface area contributed by atoms with E-state index in [1.807, 2.05) is 12.1 Å². The molecule has 2 N–H and O–H groups in total. The molecule has 0 spiro atoms. The van der Waals surface area contributed by atoms with Crippen molar-refractivity contribution in [1.82, 2.24) is 10.2 Å². The number of carbonyl (C=O) groups is 1. The summed E-state index contributed by atoms with van der Waals surface area (Å²) in [5, 5.41) is 6.27. The maximum atomic E-state index is 11.1. The third kappa shape index (κ3) is 5.11. The van der Waals surface area contributed by atoms with Gasteiger partial charge in [0.15, 0.2) is 0 Å². The van der Waals surface area contributed by atoms with Gasteiger partial charge in [-0.05, 0) is 36.5 Å². The summed E-state index contributed by atoms with van der Waals surface area (Å²) in [7, 11) is 0. The zero-order valence-corrected chi connectivity index (χ0v) is 14.1. The molecular weight excluding hydrogens is 274 g/mol. The van der Waals surface area contributed by atoms with Crippen molar-refractivity contribution in [1.29, 1.82) is 0 Å². The molecule has 1 aromatic carbocycles. The highest BCUT2D eigenvalue weighted by Crippen LogP contribution is 2.28. The average Bonchev–Trinajstić information content (AvgIpc) is 2.49. The van der Waals surface area contributed by atoms with E-state index in [1.54, 1.807) is 6.92 Å². The van der Waals surface area contributed by atoms with Gasteiger partial charge in [0.05, 0.1) is 0 Å². The Kier molecular flexibility index (Phi) is 6.40. The SMILES string of the molecule is CC(=O)Nc1ccc([C@@H](CCC(C)C)N2CCNCC2)cc1. The summed E-state index contributed by atoms with van der Waals surface area (Å²) in [6.45, 7) is 10.5. The zero-order chi connectivity index (χ0) is 15.9. The first-order valence-electron chi connectivity index (χ1n) is 8.38. The summed E-state index contributed by atoms with van der Waals surface area (Å²) < 4.78 is 0. The van der Waals surface area contributed by atoms with Crippen molar-refractivity contribution in [3.8, 4) is 0 Å². The normalized spacial score (nSPS) is 17.5. The first kappa shape index (κ1) is 17.0. The standard InChI is InChI=1S/C18H29N3O/c1-14(2)4-9-18(21-12-10-19-11-13-21)16-5-7-17(8-6-16)20-15(3)22/h5-8,14,18-19H,4,9-13H2,1-3H3,(H,20,22)/t18-/m1/s1. The van der Waals surface area contributed by atoms with Crippen LogP contribution in [0.25, 0.3) is 0 Å². The number of piperazine rings is 1. The summed E-state index contributed by atoms with van der Waals surface area (Å²) in [6.07, 6.45) is 2.43. The highest BCUT2D eigenvalue weighted by atomic mass is 16.1. The molecule has 2 rings (SSSR count). The third-order valence-electron chi connectivity index (χ3n) is 4.23. The van der Waals surface area contributed by atoms with Gasteiger partial charge in [-0.15, -0.1) is 0 Å². The minimum Gasteiger partial charge on any atom is -0.326 e. The van der Waals surface area contributed by atoms with Crippen LogP contribution < -0.4 is 10.6 Å². The number of carbonyl (C=O) groups excluding carboxylic acids is 1. The molecule has 122 valence electrons. The maximum Gasteiger partial charge on any atom is 0.221 e. The Morgan fingerprint density at radius 2 is 1.82 bits per heavy atom. The Labute approximate surface area is 134 Å². The predicted octanol–water partition coefficient (Wildman–Crippen LogP) is 3.03. The molecule has 0 radical (unpaired) electrons. The molecular formula is C18H29N3O. The lowest BCUT2D eigenvalue weighted by atomic mass is 9.95. The van der Waals surface area contributed by atoms with Crippen molar-refractivity contribution in [3.05, 3.63) is 29.8 Å². The molecule has 1 saturated heterocycles. The Morgan fingerprint density at radius 1 is 1.18 bits per heavy atom. The van der Waals surface area contributed by atoms with Crippen LogP contribution in [0.15, 0.2) is 24.3 Å². The fourth-order valence-electron chi connectivity index (χ4n) is 3.04. The van der Waals surface area contributed by atoms with Crippen LogP contribution in [0, 0.1) is 5.92 Å². The van der Waals surface area contributed by atoms with Gasteiger partial charge in [-0.1, -0.05) is 26.0 Å². The van der Waals surface area contributed by atoms with Crippen LogP contribution in [0.5, 0.6) is 0 Å². The largest absolute Gasteiger partial charge is 0.326 e. The van der Waals surface area contributed by atoms with Crippen LogP contribution in [0.3, 0.4) is 0 Å². The molecule has 1 amide bonds. The van der Waals surface area contributed by atoms with Gasteiger partial charge in [-0.25, -0.2) is 0 Å². The molecule has 1 aromatic rings. The van der Waals surface area contributed by atoms with Crippen LogP contribution >= 0.6 is 0 Å². The van der Waals surface area contributed by atoms with Crippen molar-refractivity contribution in [3.63, 3.8) is 0 Å². The van der Waals surface area contributed by atoms with E-state index in [4.69, 9.17) is 0 Å². The molecule has 0 bridgehead atoms. The average molecular weight is 303 g/mol. The summed E-state index contributed by atoms with van der Waals surface area (Å²) in [6, 6.07) is 8.84. The van der Waals surface area contributed by atoms with Crippen LogP contribution in [0.4, 0.5) is 5.69 Å². The van der Waals surface area contributed by atoms with Crippen molar-refractivity contribution in [2.24, 2.45) is 5.92 Å². The highest BCUT2D eigenvalue weighted by molar-refractivity contribution is 5.88. The van der Waals surface area contributed by atoms with Crippen LogP contribution in [-0.4, -0.2) is 37.0 Å². The Balaban J connectivity index is 2.10. The summed E-state index contributed by atoms with van der Waals surface area (Å²) in [5.74, 6) is 0.704. The summed E-state index contributed by atoms with van der Waals surface area (Å²) >= 11 is 0. The monoisotopic (exact) mass is 303 g/mol. The lowest BCUT2D eigenvalue weighted by Gasteiger charge is -2.35. The highest BCUT2D eigenvalue weighted by Gasteiger charge is 2.22. The number of anilines is 1. The first-order valence-corrected chi connectivity index (χ1v) is 8.38. The van der Waals surface area contributed by atoms with E-state index in [2.05, 4.69) is 41.5 Å². The van der Waals surface area contributed by atoms with Crippen LogP contribution in [-0.2, 0) is 4.79 Å². The van der Waals surface area contributed by atoms with Crippen molar-refractivity contribution < 1.29 is 4.79 Å². The van der Waals surface area contributed by atoms with Crippen LogP contribution in [0.2, 0.25) is 0 Å². The maximum absolute atomic E-state index is 11.1. The van der Waals surface area contributed by atoms with Gasteiger partial charge in [-0.2, -0.15) is 0 Å². The number of amides is 1. The quantitative estimate of drug-likeness (QED) is 0.849. The van der Waals surface area contributed by atoms with E-state index >= 15 is 0 Å². The van der Waals surface area contributed by atoms with E-state index in [-0.39, 0.29) is 5.91 Å². The van der Waals surface area contributed by atoms with Gasteiger partial charge in [0, 0.05) is 44.8 Å². The first-order chi connectivity index (χ1) is 10.6. The summed E-state index contributed by atoms with van der Waals surface area (Å²) in [5.41, 5.74) is 2.23. The minimum absolute atomic E-state index is 0.0220. The molecule has 4 nitrogen and oxygen atoms in total. The fraction of sp³-hybridized carbons (Fsp3) is 0.611. The molecule has 0 aliphatic carbocycles. The predicted molar refractivity (Wildman–Crippen MR) is 92.0 cm³/mol. The number of hydrogen-bond donors (Lipinski definition) is 2. The molecule has 4 heteroatoms. The molecule has 1 aliphatic rings. The lowest BCUT2D eigenvalue weighted by molar-refractivity contribution is -0.114. The molecule has 1 atom stereocenters. The molecule has 0 saturated carbocycles. The van der Waals surface area contributed by atoms with Crippen molar-refractivity contribution in [2.45, 2.75) is 39.7 Å². The topological polar surface area (TPSA) is 44.4 Å². The smallest absolute Gasteiger partial charge is 0.221 e. The molecule has 0 unspecified atom stereocenters. The van der Waals surface area contributed by atoms with Gasteiger partial charge in [0.25, 0.3) is 0 Å². The van der Waals surface area contributed by atoms with E-state index in [0.29, 0.717) is 6.04 Å². The molecule has 0 aromatic heterocycles. The number of nitrogens with one attached hydrogen (secondary N) is 2. The van der Waals surface area contributed by atoms with E-state index in [9.17, 15) is 4.79 Å². The zero-order valence-electron chi connectivity index (χ0n) is 14.1. The second-order valence-corrected chi connectivity index (χ2v) is 6.58. The van der Waals surface area contributed by atoms with Crippen molar-refractivity contribution in [2.75, 3.05) is 31.5 Å². The number of benzene rings is 1. The number of nitrogens with zero attached hydrogens (tertiary/aromatic N) is 1. The summed E-state index contributed by atoms with van der Waals surface area (Å²) in [4.78, 5) is 13.7. The Morgan fingerprint density at radius 3 is 2.36 bits per heavy atom. The van der Waals surface area contributed by atoms with Gasteiger partial charge in [0.1, 0.15) is 0 Å². The molecule has 1 heterocycles. The molecule has 1 aliphatic heterocycles.